The van der Waals surface area contributed by atoms with Gasteiger partial charge in [0.2, 0.25) is 0 Å². The van der Waals surface area contributed by atoms with E-state index in [1.807, 2.05) is 37.4 Å². The lowest BCUT2D eigenvalue weighted by molar-refractivity contribution is 0.0929. The highest BCUT2D eigenvalue weighted by Gasteiger charge is 2.10. The van der Waals surface area contributed by atoms with Crippen LogP contribution in [-0.4, -0.2) is 30.8 Å². The Hall–Kier alpha value is -3.45. The molecule has 7 heteroatoms. The molecule has 0 radical (unpaired) electrons. The molecule has 3 rings (SSSR count). The highest BCUT2D eigenvalue weighted by Crippen LogP contribution is 2.14. The summed E-state index contributed by atoms with van der Waals surface area (Å²) in [6, 6.07) is 15.8. The molecule has 0 spiro atoms. The number of anilines is 1. The number of amides is 3. The number of hydrogen-bond acceptors (Lipinski definition) is 4. The maximum atomic E-state index is 12.4. The number of aryl methyl sites for hydroxylation is 2. The minimum Gasteiger partial charge on any atom is -0.350 e. The van der Waals surface area contributed by atoms with Crippen molar-refractivity contribution in [1.29, 1.82) is 0 Å². The minimum absolute atomic E-state index is 0.150. The van der Waals surface area contributed by atoms with Crippen molar-refractivity contribution >= 4 is 34.7 Å². The first kappa shape index (κ1) is 21.3. The van der Waals surface area contributed by atoms with Gasteiger partial charge in [-0.15, -0.1) is 11.3 Å². The van der Waals surface area contributed by atoms with Crippen LogP contribution in [-0.2, 0) is 0 Å². The molecule has 0 atom stereocenters. The van der Waals surface area contributed by atoms with E-state index in [4.69, 9.17) is 0 Å². The van der Waals surface area contributed by atoms with Gasteiger partial charge in [0, 0.05) is 29.9 Å². The van der Waals surface area contributed by atoms with E-state index in [1.54, 1.807) is 36.4 Å². The number of benzene rings is 2. The summed E-state index contributed by atoms with van der Waals surface area (Å²) in [7, 11) is 0. The summed E-state index contributed by atoms with van der Waals surface area (Å²) in [6.45, 7) is 4.62. The Balaban J connectivity index is 1.47. The van der Waals surface area contributed by atoms with Gasteiger partial charge in [-0.05, 0) is 72.8 Å². The SMILES string of the molecule is Cc1ccc(C(=O)Nc2ccc(C(=O)NCCNC(=O)c3cccs3)cc2)cc1C. The molecule has 0 aliphatic rings. The highest BCUT2D eigenvalue weighted by molar-refractivity contribution is 7.12. The molecule has 3 N–H and O–H groups in total. The summed E-state index contributed by atoms with van der Waals surface area (Å²) in [6.07, 6.45) is 0. The summed E-state index contributed by atoms with van der Waals surface area (Å²) in [5.74, 6) is -0.590. The summed E-state index contributed by atoms with van der Waals surface area (Å²) >= 11 is 1.37. The third kappa shape index (κ3) is 5.55. The molecular weight excluding hydrogens is 398 g/mol. The largest absolute Gasteiger partial charge is 0.350 e. The van der Waals surface area contributed by atoms with Crippen LogP contribution in [0.2, 0.25) is 0 Å². The Morgan fingerprint density at radius 3 is 2.07 bits per heavy atom. The van der Waals surface area contributed by atoms with Gasteiger partial charge in [-0.2, -0.15) is 0 Å². The van der Waals surface area contributed by atoms with Gasteiger partial charge in [-0.25, -0.2) is 0 Å². The van der Waals surface area contributed by atoms with Crippen molar-refractivity contribution in [2.45, 2.75) is 13.8 Å². The zero-order chi connectivity index (χ0) is 21.5. The van der Waals surface area contributed by atoms with E-state index in [9.17, 15) is 14.4 Å². The number of carbonyl (C=O) groups is 3. The molecule has 154 valence electrons. The molecule has 0 bridgehead atoms. The lowest BCUT2D eigenvalue weighted by Gasteiger charge is -2.09. The van der Waals surface area contributed by atoms with Crippen molar-refractivity contribution < 1.29 is 14.4 Å². The van der Waals surface area contributed by atoms with Gasteiger partial charge in [0.05, 0.1) is 4.88 Å². The summed E-state index contributed by atoms with van der Waals surface area (Å²) < 4.78 is 0. The molecule has 0 aliphatic carbocycles. The van der Waals surface area contributed by atoms with Crippen LogP contribution in [0.3, 0.4) is 0 Å². The third-order valence-corrected chi connectivity index (χ3v) is 5.48. The average molecular weight is 422 g/mol. The van der Waals surface area contributed by atoms with Crippen LogP contribution in [0.25, 0.3) is 0 Å². The van der Waals surface area contributed by atoms with Gasteiger partial charge < -0.3 is 16.0 Å². The fraction of sp³-hybridized carbons (Fsp3) is 0.174. The van der Waals surface area contributed by atoms with E-state index in [0.717, 1.165) is 11.1 Å². The van der Waals surface area contributed by atoms with E-state index < -0.39 is 0 Å². The van der Waals surface area contributed by atoms with Crippen molar-refractivity contribution in [2.24, 2.45) is 0 Å². The first-order chi connectivity index (χ1) is 14.4. The average Bonchev–Trinajstić information content (AvgIpc) is 3.28. The van der Waals surface area contributed by atoms with Crippen LogP contribution >= 0.6 is 11.3 Å². The molecule has 0 saturated carbocycles. The van der Waals surface area contributed by atoms with Crippen LogP contribution in [0.1, 0.15) is 41.5 Å². The zero-order valence-electron chi connectivity index (χ0n) is 16.8. The van der Waals surface area contributed by atoms with Gasteiger partial charge in [0.25, 0.3) is 17.7 Å². The second-order valence-corrected chi connectivity index (χ2v) is 7.77. The maximum Gasteiger partial charge on any atom is 0.261 e. The number of thiophene rings is 1. The van der Waals surface area contributed by atoms with E-state index in [2.05, 4.69) is 16.0 Å². The lowest BCUT2D eigenvalue weighted by atomic mass is 10.1. The quantitative estimate of drug-likeness (QED) is 0.508. The van der Waals surface area contributed by atoms with Crippen LogP contribution in [0, 0.1) is 13.8 Å². The molecule has 3 amide bonds. The molecule has 0 aliphatic heterocycles. The summed E-state index contributed by atoms with van der Waals surface area (Å²) in [5.41, 5.74) is 3.86. The second kappa shape index (κ2) is 9.84. The lowest BCUT2D eigenvalue weighted by Crippen LogP contribution is -2.34. The van der Waals surface area contributed by atoms with Gasteiger partial charge in [-0.3, -0.25) is 14.4 Å². The first-order valence-corrected chi connectivity index (χ1v) is 10.4. The second-order valence-electron chi connectivity index (χ2n) is 6.82. The zero-order valence-corrected chi connectivity index (χ0v) is 17.6. The van der Waals surface area contributed by atoms with Gasteiger partial charge in [-0.1, -0.05) is 12.1 Å². The number of nitrogens with one attached hydrogen (secondary N) is 3. The van der Waals surface area contributed by atoms with E-state index in [1.165, 1.54) is 11.3 Å². The molecule has 1 aromatic heterocycles. The Morgan fingerprint density at radius 1 is 0.767 bits per heavy atom. The fourth-order valence-electron chi connectivity index (χ4n) is 2.74. The first-order valence-electron chi connectivity index (χ1n) is 9.52. The Morgan fingerprint density at radius 2 is 1.43 bits per heavy atom. The van der Waals surface area contributed by atoms with Crippen molar-refractivity contribution in [1.82, 2.24) is 10.6 Å². The highest BCUT2D eigenvalue weighted by atomic mass is 32.1. The Bertz CT molecular complexity index is 1040. The van der Waals surface area contributed by atoms with Crippen LogP contribution in [0.5, 0.6) is 0 Å². The van der Waals surface area contributed by atoms with Crippen LogP contribution in [0.15, 0.2) is 60.0 Å². The standard InChI is InChI=1S/C23H23N3O3S/c1-15-5-6-18(14-16(15)2)22(28)26-19-9-7-17(8-10-19)21(27)24-11-12-25-23(29)20-4-3-13-30-20/h3-10,13-14H,11-12H2,1-2H3,(H,24,27)(H,25,29)(H,26,28). The van der Waals surface area contributed by atoms with E-state index >= 15 is 0 Å². The molecule has 1 heterocycles. The van der Waals surface area contributed by atoms with E-state index in [0.29, 0.717) is 34.8 Å². The van der Waals surface area contributed by atoms with Crippen molar-refractivity contribution in [2.75, 3.05) is 18.4 Å². The Labute approximate surface area is 179 Å². The molecule has 0 fully saturated rings. The van der Waals surface area contributed by atoms with Gasteiger partial charge >= 0.3 is 0 Å². The number of hydrogen-bond donors (Lipinski definition) is 3. The summed E-state index contributed by atoms with van der Waals surface area (Å²) in [4.78, 5) is 37.1. The normalized spacial score (nSPS) is 10.3. The third-order valence-electron chi connectivity index (χ3n) is 4.62. The number of rotatable bonds is 7. The minimum atomic E-state index is -0.243. The predicted octanol–water partition coefficient (Wildman–Crippen LogP) is 3.78. The monoisotopic (exact) mass is 421 g/mol. The molecule has 3 aromatic rings. The van der Waals surface area contributed by atoms with Crippen LogP contribution in [0.4, 0.5) is 5.69 Å². The maximum absolute atomic E-state index is 12.4. The van der Waals surface area contributed by atoms with Crippen molar-refractivity contribution in [3.05, 3.63) is 87.1 Å². The molecule has 30 heavy (non-hydrogen) atoms. The smallest absolute Gasteiger partial charge is 0.261 e. The predicted molar refractivity (Wildman–Crippen MR) is 119 cm³/mol. The fourth-order valence-corrected chi connectivity index (χ4v) is 3.38. The summed E-state index contributed by atoms with van der Waals surface area (Å²) in [5, 5.41) is 10.2. The van der Waals surface area contributed by atoms with Crippen molar-refractivity contribution in [3.8, 4) is 0 Å². The van der Waals surface area contributed by atoms with E-state index in [-0.39, 0.29) is 17.7 Å². The molecular formula is C23H23N3O3S. The number of carbonyl (C=O) groups excluding carboxylic acids is 3. The molecule has 0 unspecified atom stereocenters. The van der Waals surface area contributed by atoms with Gasteiger partial charge in [0.1, 0.15) is 0 Å². The van der Waals surface area contributed by atoms with Crippen molar-refractivity contribution in [3.63, 3.8) is 0 Å². The topological polar surface area (TPSA) is 87.3 Å². The molecule has 0 saturated heterocycles. The van der Waals surface area contributed by atoms with Gasteiger partial charge in [0.15, 0.2) is 0 Å². The molecule has 2 aromatic carbocycles. The molecule has 6 nitrogen and oxygen atoms in total. The van der Waals surface area contributed by atoms with Crippen LogP contribution < -0.4 is 16.0 Å². The Kier molecular flexibility index (Phi) is 6.98.